The highest BCUT2D eigenvalue weighted by Gasteiger charge is 2.31. The average molecular weight is 337 g/mol. The van der Waals surface area contributed by atoms with Crippen molar-refractivity contribution in [3.8, 4) is 0 Å². The van der Waals surface area contributed by atoms with E-state index in [4.69, 9.17) is 0 Å². The lowest BCUT2D eigenvalue weighted by atomic mass is 9.95. The van der Waals surface area contributed by atoms with E-state index in [1.807, 2.05) is 50.2 Å². The van der Waals surface area contributed by atoms with Crippen molar-refractivity contribution in [3.05, 3.63) is 59.4 Å². The minimum Gasteiger partial charge on any atom is -0.327 e. The number of amides is 2. The molecule has 130 valence electrons. The summed E-state index contributed by atoms with van der Waals surface area (Å²) in [6.07, 6.45) is 4.61. The molecule has 2 amide bonds. The normalized spacial score (nSPS) is 17.2. The molecule has 1 atom stereocenters. The van der Waals surface area contributed by atoms with E-state index in [-0.39, 0.29) is 6.04 Å². The van der Waals surface area contributed by atoms with Crippen molar-refractivity contribution in [1.82, 2.24) is 9.88 Å². The summed E-state index contributed by atoms with van der Waals surface area (Å²) >= 11 is 0. The smallest absolute Gasteiger partial charge is 0.313 e. The van der Waals surface area contributed by atoms with E-state index >= 15 is 0 Å². The molecule has 3 rings (SSSR count). The van der Waals surface area contributed by atoms with Crippen molar-refractivity contribution in [1.29, 1.82) is 0 Å². The molecule has 1 saturated heterocycles. The molecule has 1 N–H and O–H groups in total. The van der Waals surface area contributed by atoms with Gasteiger partial charge in [-0.2, -0.15) is 0 Å². The van der Waals surface area contributed by atoms with Crippen molar-refractivity contribution in [2.24, 2.45) is 0 Å². The fourth-order valence-electron chi connectivity index (χ4n) is 3.27. The van der Waals surface area contributed by atoms with Crippen molar-refractivity contribution in [2.75, 3.05) is 11.9 Å². The van der Waals surface area contributed by atoms with Crippen LogP contribution in [0.15, 0.2) is 42.6 Å². The largest absolute Gasteiger partial charge is 0.327 e. The first-order valence-corrected chi connectivity index (χ1v) is 8.66. The Morgan fingerprint density at radius 1 is 1.16 bits per heavy atom. The number of benzene rings is 1. The number of nitrogens with zero attached hydrogens (tertiary/aromatic N) is 2. The number of carbonyl (C=O) groups excluding carboxylic acids is 2. The lowest BCUT2D eigenvalue weighted by molar-refractivity contribution is -0.145. The summed E-state index contributed by atoms with van der Waals surface area (Å²) in [5, 5.41) is 2.73. The highest BCUT2D eigenvalue weighted by Crippen LogP contribution is 2.31. The van der Waals surface area contributed by atoms with Crippen LogP contribution in [-0.4, -0.2) is 28.2 Å². The Labute approximate surface area is 148 Å². The Balaban J connectivity index is 1.78. The van der Waals surface area contributed by atoms with Crippen molar-refractivity contribution in [3.63, 3.8) is 0 Å². The molecule has 1 aromatic carbocycles. The van der Waals surface area contributed by atoms with Crippen LogP contribution >= 0.6 is 0 Å². The van der Waals surface area contributed by atoms with Gasteiger partial charge in [0.1, 0.15) is 0 Å². The second-order valence-electron chi connectivity index (χ2n) is 6.52. The second kappa shape index (κ2) is 7.47. The molecule has 5 nitrogen and oxygen atoms in total. The summed E-state index contributed by atoms with van der Waals surface area (Å²) in [7, 11) is 0. The van der Waals surface area contributed by atoms with E-state index in [1.165, 1.54) is 0 Å². The van der Waals surface area contributed by atoms with Crippen LogP contribution in [0, 0.1) is 13.8 Å². The molecule has 1 aliphatic heterocycles. The predicted molar refractivity (Wildman–Crippen MR) is 97.1 cm³/mol. The number of aromatic nitrogens is 1. The third-order valence-electron chi connectivity index (χ3n) is 4.61. The van der Waals surface area contributed by atoms with Crippen LogP contribution in [0.5, 0.6) is 0 Å². The molecule has 0 saturated carbocycles. The third-order valence-corrected chi connectivity index (χ3v) is 4.61. The summed E-state index contributed by atoms with van der Waals surface area (Å²) in [5.74, 6) is -1.08. The molecule has 0 aliphatic carbocycles. The predicted octanol–water partition coefficient (Wildman–Crippen LogP) is 3.39. The third kappa shape index (κ3) is 3.87. The molecule has 0 unspecified atom stereocenters. The first-order valence-electron chi connectivity index (χ1n) is 8.66. The molecule has 5 heteroatoms. The zero-order valence-corrected chi connectivity index (χ0v) is 14.7. The monoisotopic (exact) mass is 337 g/mol. The van der Waals surface area contributed by atoms with E-state index < -0.39 is 11.8 Å². The van der Waals surface area contributed by atoms with E-state index in [2.05, 4.69) is 10.3 Å². The van der Waals surface area contributed by atoms with Crippen LogP contribution in [0.4, 0.5) is 5.69 Å². The highest BCUT2D eigenvalue weighted by molar-refractivity contribution is 6.39. The van der Waals surface area contributed by atoms with Gasteiger partial charge in [0.05, 0.1) is 17.4 Å². The number of hydrogen-bond acceptors (Lipinski definition) is 3. The van der Waals surface area contributed by atoms with Gasteiger partial charge >= 0.3 is 11.8 Å². The van der Waals surface area contributed by atoms with Crippen LogP contribution in [0.25, 0.3) is 0 Å². The first kappa shape index (κ1) is 17.1. The molecule has 1 aromatic heterocycles. The van der Waals surface area contributed by atoms with E-state index in [1.54, 1.807) is 11.1 Å². The highest BCUT2D eigenvalue weighted by atomic mass is 16.2. The zero-order chi connectivity index (χ0) is 17.8. The van der Waals surface area contributed by atoms with Crippen LogP contribution in [-0.2, 0) is 9.59 Å². The number of aryl methyl sites for hydroxylation is 2. The Morgan fingerprint density at radius 2 is 1.92 bits per heavy atom. The number of likely N-dealkylation sites (tertiary alicyclic amines) is 1. The SMILES string of the molecule is Cc1cnc(C)c(NC(=O)C(=O)N2CCCC[C@@H]2c2ccccc2)c1. The fourth-order valence-corrected chi connectivity index (χ4v) is 3.27. The molecule has 1 aliphatic rings. The van der Waals surface area contributed by atoms with Gasteiger partial charge in [-0.25, -0.2) is 0 Å². The van der Waals surface area contributed by atoms with Crippen LogP contribution in [0.2, 0.25) is 0 Å². The molecule has 0 spiro atoms. The molecule has 2 heterocycles. The zero-order valence-electron chi connectivity index (χ0n) is 14.7. The molecule has 2 aromatic rings. The Morgan fingerprint density at radius 3 is 2.68 bits per heavy atom. The number of hydrogen-bond donors (Lipinski definition) is 1. The molecular weight excluding hydrogens is 314 g/mol. The Bertz CT molecular complexity index is 774. The molecular formula is C20H23N3O2. The Hall–Kier alpha value is -2.69. The maximum absolute atomic E-state index is 12.8. The van der Waals surface area contributed by atoms with Crippen LogP contribution in [0.1, 0.15) is 42.1 Å². The van der Waals surface area contributed by atoms with E-state index in [0.29, 0.717) is 17.9 Å². The van der Waals surface area contributed by atoms with Crippen LogP contribution < -0.4 is 5.32 Å². The lowest BCUT2D eigenvalue weighted by Crippen LogP contribution is -2.44. The molecule has 0 radical (unpaired) electrons. The average Bonchev–Trinajstić information content (AvgIpc) is 2.65. The quantitative estimate of drug-likeness (QED) is 0.855. The van der Waals surface area contributed by atoms with Gasteiger partial charge in [0, 0.05) is 12.7 Å². The van der Waals surface area contributed by atoms with E-state index in [9.17, 15) is 9.59 Å². The summed E-state index contributed by atoms with van der Waals surface area (Å²) in [5.41, 5.74) is 3.31. The van der Waals surface area contributed by atoms with Gasteiger partial charge in [0.15, 0.2) is 0 Å². The summed E-state index contributed by atoms with van der Waals surface area (Å²) in [6, 6.07) is 11.7. The summed E-state index contributed by atoms with van der Waals surface area (Å²) in [4.78, 5) is 31.2. The van der Waals surface area contributed by atoms with Gasteiger partial charge in [-0.1, -0.05) is 30.3 Å². The standard InChI is InChI=1S/C20H23N3O2/c1-14-12-17(15(2)21-13-14)22-19(24)20(25)23-11-7-6-10-18(23)16-8-4-3-5-9-16/h3-5,8-9,12-13,18H,6-7,10-11H2,1-2H3,(H,22,24)/t18-/m1/s1. The van der Waals surface area contributed by atoms with Gasteiger partial charge in [-0.15, -0.1) is 0 Å². The first-order chi connectivity index (χ1) is 12.1. The lowest BCUT2D eigenvalue weighted by Gasteiger charge is -2.35. The number of anilines is 1. The van der Waals surface area contributed by atoms with Gasteiger partial charge in [0.2, 0.25) is 0 Å². The molecule has 1 fully saturated rings. The number of piperidine rings is 1. The maximum Gasteiger partial charge on any atom is 0.313 e. The number of nitrogens with one attached hydrogen (secondary N) is 1. The van der Waals surface area contributed by atoms with Gasteiger partial charge in [0.25, 0.3) is 0 Å². The van der Waals surface area contributed by atoms with E-state index in [0.717, 1.165) is 30.4 Å². The Kier molecular flexibility index (Phi) is 5.12. The minimum absolute atomic E-state index is 0.0371. The topological polar surface area (TPSA) is 62.3 Å². The van der Waals surface area contributed by atoms with Crippen molar-refractivity contribution < 1.29 is 9.59 Å². The van der Waals surface area contributed by atoms with Crippen molar-refractivity contribution >= 4 is 17.5 Å². The van der Waals surface area contributed by atoms with Gasteiger partial charge in [-0.05, 0) is 50.3 Å². The maximum atomic E-state index is 12.8. The van der Waals surface area contributed by atoms with Crippen LogP contribution in [0.3, 0.4) is 0 Å². The second-order valence-corrected chi connectivity index (χ2v) is 6.52. The van der Waals surface area contributed by atoms with Gasteiger partial charge < -0.3 is 10.2 Å². The minimum atomic E-state index is -0.599. The summed E-state index contributed by atoms with van der Waals surface area (Å²) < 4.78 is 0. The fraction of sp³-hybridized carbons (Fsp3) is 0.350. The number of carbonyl (C=O) groups is 2. The number of pyridine rings is 1. The molecule has 0 bridgehead atoms. The van der Waals surface area contributed by atoms with Gasteiger partial charge in [-0.3, -0.25) is 14.6 Å². The van der Waals surface area contributed by atoms with Crippen molar-refractivity contribution in [2.45, 2.75) is 39.2 Å². The number of rotatable bonds is 2. The molecule has 25 heavy (non-hydrogen) atoms. The summed E-state index contributed by atoms with van der Waals surface area (Å²) in [6.45, 7) is 4.32.